The van der Waals surface area contributed by atoms with Crippen LogP contribution in [0.1, 0.15) is 0 Å². The summed E-state index contributed by atoms with van der Waals surface area (Å²) in [7, 11) is -3.62. The predicted octanol–water partition coefficient (Wildman–Crippen LogP) is 0.173. The highest BCUT2D eigenvalue weighted by molar-refractivity contribution is 7.92. The van der Waals surface area contributed by atoms with Crippen LogP contribution < -0.4 is 20.8 Å². The number of nitrogens with one attached hydrogen (secondary N) is 2. The van der Waals surface area contributed by atoms with Crippen LogP contribution in [0.3, 0.4) is 0 Å². The summed E-state index contributed by atoms with van der Waals surface area (Å²) in [5, 5.41) is 5.69. The Bertz CT molecular complexity index is 752. The van der Waals surface area contributed by atoms with E-state index in [4.69, 9.17) is 10.5 Å². The Labute approximate surface area is 121 Å². The second-order valence-corrected chi connectivity index (χ2v) is 5.99. The molecule has 21 heavy (non-hydrogen) atoms. The molecule has 8 nitrogen and oxygen atoms in total. The SMILES string of the molecule is Nc1cccc(OCCS(=O)(=O)Nc2ccc(=O)[nH]n2)c1. The van der Waals surface area contributed by atoms with Gasteiger partial charge in [0.2, 0.25) is 10.0 Å². The van der Waals surface area contributed by atoms with Crippen LogP contribution in [0, 0.1) is 0 Å². The first-order chi connectivity index (χ1) is 9.94. The van der Waals surface area contributed by atoms with Crippen molar-refractivity contribution in [2.75, 3.05) is 22.8 Å². The zero-order valence-electron chi connectivity index (χ0n) is 10.9. The quantitative estimate of drug-likeness (QED) is 0.653. The van der Waals surface area contributed by atoms with Gasteiger partial charge in [-0.25, -0.2) is 13.5 Å². The zero-order valence-corrected chi connectivity index (χ0v) is 11.8. The fraction of sp³-hybridized carbons (Fsp3) is 0.167. The molecule has 0 aliphatic carbocycles. The minimum absolute atomic E-state index is 0.0395. The number of anilines is 2. The summed E-state index contributed by atoms with van der Waals surface area (Å²) in [5.41, 5.74) is 5.70. The molecule has 0 spiro atoms. The van der Waals surface area contributed by atoms with Crippen molar-refractivity contribution >= 4 is 21.5 Å². The van der Waals surface area contributed by atoms with Gasteiger partial charge in [0, 0.05) is 17.8 Å². The molecule has 2 rings (SSSR count). The molecule has 1 aromatic carbocycles. The molecular formula is C12H14N4O4S. The number of ether oxygens (including phenoxy) is 1. The molecule has 0 aliphatic heterocycles. The van der Waals surface area contributed by atoms with Crippen molar-refractivity contribution in [3.63, 3.8) is 0 Å². The smallest absolute Gasteiger partial charge is 0.264 e. The third-order valence-electron chi connectivity index (χ3n) is 2.42. The summed E-state index contributed by atoms with van der Waals surface area (Å²) in [6, 6.07) is 9.14. The lowest BCUT2D eigenvalue weighted by molar-refractivity contribution is 0.341. The third-order valence-corrected chi connectivity index (χ3v) is 3.64. The van der Waals surface area contributed by atoms with Gasteiger partial charge in [0.25, 0.3) is 5.56 Å². The number of nitrogens with two attached hydrogens (primary N) is 1. The van der Waals surface area contributed by atoms with Gasteiger partial charge in [-0.2, -0.15) is 5.10 Å². The topological polar surface area (TPSA) is 127 Å². The molecule has 1 heterocycles. The van der Waals surface area contributed by atoms with E-state index in [0.29, 0.717) is 11.4 Å². The Morgan fingerprint density at radius 1 is 1.29 bits per heavy atom. The summed E-state index contributed by atoms with van der Waals surface area (Å²) < 4.78 is 31.1. The number of rotatable bonds is 6. The average Bonchev–Trinajstić information content (AvgIpc) is 2.41. The molecule has 0 amide bonds. The van der Waals surface area contributed by atoms with Crippen LogP contribution in [0.4, 0.5) is 11.5 Å². The number of aromatic amines is 1. The number of hydrogen-bond acceptors (Lipinski definition) is 6. The molecule has 0 saturated carbocycles. The molecule has 0 bridgehead atoms. The summed E-state index contributed by atoms with van der Waals surface area (Å²) in [4.78, 5) is 10.8. The largest absolute Gasteiger partial charge is 0.492 e. The van der Waals surface area contributed by atoms with Crippen molar-refractivity contribution in [3.05, 3.63) is 46.8 Å². The minimum Gasteiger partial charge on any atom is -0.492 e. The molecule has 112 valence electrons. The summed E-state index contributed by atoms with van der Waals surface area (Å²) in [5.74, 6) is 0.272. The van der Waals surface area contributed by atoms with Crippen molar-refractivity contribution < 1.29 is 13.2 Å². The molecule has 0 saturated heterocycles. The first-order valence-corrected chi connectivity index (χ1v) is 7.64. The van der Waals surface area contributed by atoms with Gasteiger partial charge in [-0.15, -0.1) is 0 Å². The Kier molecular flexibility index (Phi) is 4.43. The van der Waals surface area contributed by atoms with E-state index >= 15 is 0 Å². The van der Waals surface area contributed by atoms with Crippen LogP contribution in [0.2, 0.25) is 0 Å². The number of nitrogens with zero attached hydrogens (tertiary/aromatic N) is 1. The molecule has 9 heteroatoms. The maximum atomic E-state index is 11.8. The van der Waals surface area contributed by atoms with E-state index in [-0.39, 0.29) is 18.2 Å². The molecule has 0 atom stereocenters. The Morgan fingerprint density at radius 3 is 2.76 bits per heavy atom. The van der Waals surface area contributed by atoms with Gasteiger partial charge in [-0.3, -0.25) is 9.52 Å². The highest BCUT2D eigenvalue weighted by Crippen LogP contribution is 2.14. The number of benzene rings is 1. The van der Waals surface area contributed by atoms with E-state index < -0.39 is 15.6 Å². The van der Waals surface area contributed by atoms with Crippen LogP contribution in [0.5, 0.6) is 5.75 Å². The molecule has 0 radical (unpaired) electrons. The lowest BCUT2D eigenvalue weighted by atomic mass is 10.3. The van der Waals surface area contributed by atoms with Gasteiger partial charge < -0.3 is 10.5 Å². The first kappa shape index (κ1) is 14.9. The number of aromatic nitrogens is 2. The molecule has 4 N–H and O–H groups in total. The highest BCUT2D eigenvalue weighted by atomic mass is 32.2. The number of sulfonamides is 1. The lowest BCUT2D eigenvalue weighted by Gasteiger charge is -2.08. The molecule has 1 aromatic heterocycles. The highest BCUT2D eigenvalue weighted by Gasteiger charge is 2.11. The third kappa shape index (κ3) is 4.80. The van der Waals surface area contributed by atoms with Crippen molar-refractivity contribution in [3.8, 4) is 5.75 Å². The predicted molar refractivity (Wildman–Crippen MR) is 78.6 cm³/mol. The molecule has 0 unspecified atom stereocenters. The van der Waals surface area contributed by atoms with E-state index in [1.54, 1.807) is 24.3 Å². The minimum atomic E-state index is -3.62. The van der Waals surface area contributed by atoms with Crippen LogP contribution in [-0.4, -0.2) is 31.0 Å². The van der Waals surface area contributed by atoms with Crippen LogP contribution in [0.25, 0.3) is 0 Å². The standard InChI is InChI=1S/C12H14N4O4S/c13-9-2-1-3-10(8-9)20-6-7-21(18,19)16-11-4-5-12(17)15-14-11/h1-5,8H,6-7,13H2,(H,14,16)(H,15,17). The Hall–Kier alpha value is -2.55. The Morgan fingerprint density at radius 2 is 2.10 bits per heavy atom. The lowest BCUT2D eigenvalue weighted by Crippen LogP contribution is -2.22. The van der Waals surface area contributed by atoms with E-state index in [1.165, 1.54) is 12.1 Å². The fourth-order valence-electron chi connectivity index (χ4n) is 1.49. The summed E-state index contributed by atoms with van der Waals surface area (Å²) in [6.07, 6.45) is 0. The average molecular weight is 310 g/mol. The van der Waals surface area contributed by atoms with Crippen molar-refractivity contribution in [2.45, 2.75) is 0 Å². The number of hydrogen-bond donors (Lipinski definition) is 3. The Balaban J connectivity index is 1.89. The van der Waals surface area contributed by atoms with Crippen molar-refractivity contribution in [2.24, 2.45) is 0 Å². The molecular weight excluding hydrogens is 296 g/mol. The van der Waals surface area contributed by atoms with Crippen LogP contribution >= 0.6 is 0 Å². The monoisotopic (exact) mass is 310 g/mol. The van der Waals surface area contributed by atoms with Gasteiger partial charge in [-0.05, 0) is 18.2 Å². The normalized spacial score (nSPS) is 11.0. The van der Waals surface area contributed by atoms with E-state index in [1.807, 2.05) is 0 Å². The second kappa shape index (κ2) is 6.27. The maximum Gasteiger partial charge on any atom is 0.264 e. The van der Waals surface area contributed by atoms with E-state index in [2.05, 4.69) is 14.9 Å². The zero-order chi connectivity index (χ0) is 15.3. The van der Waals surface area contributed by atoms with Gasteiger partial charge in [0.05, 0.1) is 0 Å². The molecule has 0 aliphatic rings. The molecule has 2 aromatic rings. The maximum absolute atomic E-state index is 11.8. The van der Waals surface area contributed by atoms with Crippen molar-refractivity contribution in [1.82, 2.24) is 10.2 Å². The summed E-state index contributed by atoms with van der Waals surface area (Å²) >= 11 is 0. The first-order valence-electron chi connectivity index (χ1n) is 5.99. The van der Waals surface area contributed by atoms with Crippen LogP contribution in [0.15, 0.2) is 41.2 Å². The van der Waals surface area contributed by atoms with Gasteiger partial charge in [0.1, 0.15) is 18.1 Å². The second-order valence-electron chi connectivity index (χ2n) is 4.15. The number of nitrogen functional groups attached to an aromatic ring is 1. The van der Waals surface area contributed by atoms with Gasteiger partial charge in [-0.1, -0.05) is 6.07 Å². The van der Waals surface area contributed by atoms with Crippen molar-refractivity contribution in [1.29, 1.82) is 0 Å². The fourth-order valence-corrected chi connectivity index (χ4v) is 2.32. The van der Waals surface area contributed by atoms with E-state index in [9.17, 15) is 13.2 Å². The molecule has 0 fully saturated rings. The summed E-state index contributed by atoms with van der Waals surface area (Å²) in [6.45, 7) is -0.0395. The van der Waals surface area contributed by atoms with Gasteiger partial charge >= 0.3 is 0 Å². The van der Waals surface area contributed by atoms with Gasteiger partial charge in [0.15, 0.2) is 5.82 Å². The van der Waals surface area contributed by atoms with E-state index in [0.717, 1.165) is 0 Å². The van der Waals surface area contributed by atoms with Crippen LogP contribution in [-0.2, 0) is 10.0 Å². The number of H-pyrrole nitrogens is 1.